The second-order valence-electron chi connectivity index (χ2n) is 5.72. The third-order valence-corrected chi connectivity index (χ3v) is 5.32. The van der Waals surface area contributed by atoms with Crippen LogP contribution < -0.4 is 4.72 Å². The molecule has 0 radical (unpaired) electrons. The topological polar surface area (TPSA) is 81.1 Å². The molecule has 2 aliphatic carbocycles. The third-order valence-electron chi connectivity index (χ3n) is 4.13. The molecule has 0 aliphatic heterocycles. The number of aromatic nitrogens is 2. The van der Waals surface area contributed by atoms with Crippen molar-refractivity contribution in [3.8, 4) is 0 Å². The highest BCUT2D eigenvalue weighted by Crippen LogP contribution is 2.64. The van der Waals surface area contributed by atoms with E-state index in [2.05, 4.69) is 5.10 Å². The number of aryl methyl sites for hydroxylation is 1. The number of nitrogens with zero attached hydrogens (tertiary/aromatic N) is 2. The molecule has 3 rings (SSSR count). The smallest absolute Gasteiger partial charge is 0.252 e. The summed E-state index contributed by atoms with van der Waals surface area (Å²) in [6.07, 6.45) is 1.64. The van der Waals surface area contributed by atoms with E-state index >= 15 is 0 Å². The lowest BCUT2D eigenvalue weighted by atomic mass is 10.1. The molecule has 2 saturated carbocycles. The van der Waals surface area contributed by atoms with E-state index in [1.165, 1.54) is 10.7 Å². The van der Waals surface area contributed by atoms with E-state index in [1.54, 1.807) is 13.2 Å². The molecule has 1 N–H and O–H groups in total. The SMILES string of the molecule is Cn1ccc(CS(=O)(=O)NC(=O)[C@@H]2[C@@H]3CCC(F)(F)[C@@H]32)n1. The summed E-state index contributed by atoms with van der Waals surface area (Å²) in [5.74, 6) is -6.38. The number of hydrogen-bond acceptors (Lipinski definition) is 4. The number of fused-ring (bicyclic) bond motifs is 1. The molecule has 3 atom stereocenters. The Kier molecular flexibility index (Phi) is 3.09. The van der Waals surface area contributed by atoms with Crippen LogP contribution >= 0.6 is 0 Å². The fourth-order valence-electron chi connectivity index (χ4n) is 3.18. The predicted molar refractivity (Wildman–Crippen MR) is 68.6 cm³/mol. The number of sulfonamides is 1. The Morgan fingerprint density at radius 3 is 2.81 bits per heavy atom. The first-order valence-electron chi connectivity index (χ1n) is 6.60. The molecule has 21 heavy (non-hydrogen) atoms. The van der Waals surface area contributed by atoms with Gasteiger partial charge in [0.15, 0.2) is 0 Å². The summed E-state index contributed by atoms with van der Waals surface area (Å²) in [6, 6.07) is 1.52. The average Bonchev–Trinajstić information content (AvgIpc) is 2.85. The Hall–Kier alpha value is -1.51. The van der Waals surface area contributed by atoms with E-state index in [4.69, 9.17) is 0 Å². The average molecular weight is 319 g/mol. The highest BCUT2D eigenvalue weighted by Gasteiger charge is 2.70. The van der Waals surface area contributed by atoms with Crippen molar-refractivity contribution < 1.29 is 22.0 Å². The van der Waals surface area contributed by atoms with Gasteiger partial charge < -0.3 is 0 Å². The lowest BCUT2D eigenvalue weighted by molar-refractivity contribution is -0.123. The first-order valence-corrected chi connectivity index (χ1v) is 8.25. The van der Waals surface area contributed by atoms with Gasteiger partial charge in [0.25, 0.3) is 5.92 Å². The Morgan fingerprint density at radius 1 is 1.57 bits per heavy atom. The second kappa shape index (κ2) is 4.49. The normalized spacial score (nSPS) is 30.0. The fourth-order valence-corrected chi connectivity index (χ4v) is 4.24. The molecule has 0 spiro atoms. The van der Waals surface area contributed by atoms with Gasteiger partial charge in [-0.15, -0.1) is 0 Å². The molecule has 0 saturated heterocycles. The number of carbonyl (C=O) groups excluding carboxylic acids is 1. The fraction of sp³-hybridized carbons (Fsp3) is 0.667. The molecule has 9 heteroatoms. The monoisotopic (exact) mass is 319 g/mol. The van der Waals surface area contributed by atoms with Crippen LogP contribution in [-0.4, -0.2) is 30.0 Å². The summed E-state index contributed by atoms with van der Waals surface area (Å²) >= 11 is 0. The zero-order valence-corrected chi connectivity index (χ0v) is 12.1. The van der Waals surface area contributed by atoms with Crippen LogP contribution in [0.15, 0.2) is 12.3 Å². The van der Waals surface area contributed by atoms with Crippen molar-refractivity contribution in [1.29, 1.82) is 0 Å². The number of hydrogen-bond donors (Lipinski definition) is 1. The standard InChI is InChI=1S/C12H15F2N3O3S/c1-17-5-3-7(15-17)6-21(19,20)16-11(18)9-8-2-4-12(13,14)10(8)9/h3,5,8-10H,2,4,6H2,1H3,(H,16,18)/t8-,9+,10-/m0/s1. The molecule has 1 amide bonds. The van der Waals surface area contributed by atoms with Crippen LogP contribution in [0.4, 0.5) is 8.78 Å². The molecular formula is C12H15F2N3O3S. The largest absolute Gasteiger partial charge is 0.276 e. The van der Waals surface area contributed by atoms with Crippen molar-refractivity contribution >= 4 is 15.9 Å². The molecule has 0 aromatic carbocycles. The molecule has 1 heterocycles. The van der Waals surface area contributed by atoms with Crippen molar-refractivity contribution in [2.45, 2.75) is 24.5 Å². The Bertz CT molecular complexity index is 686. The van der Waals surface area contributed by atoms with Crippen LogP contribution in [0.5, 0.6) is 0 Å². The maximum Gasteiger partial charge on any atom is 0.252 e. The Morgan fingerprint density at radius 2 is 2.29 bits per heavy atom. The van der Waals surface area contributed by atoms with E-state index in [0.29, 0.717) is 5.69 Å². The first-order chi connectivity index (χ1) is 9.70. The molecule has 116 valence electrons. The van der Waals surface area contributed by atoms with Crippen LogP contribution in [0.1, 0.15) is 18.5 Å². The van der Waals surface area contributed by atoms with Crippen molar-refractivity contribution in [1.82, 2.24) is 14.5 Å². The Balaban J connectivity index is 1.63. The summed E-state index contributed by atoms with van der Waals surface area (Å²) < 4.78 is 53.9. The molecule has 6 nitrogen and oxygen atoms in total. The zero-order chi connectivity index (χ0) is 15.4. The van der Waals surface area contributed by atoms with Crippen LogP contribution in [0, 0.1) is 17.8 Å². The number of nitrogens with one attached hydrogen (secondary N) is 1. The van der Waals surface area contributed by atoms with E-state index in [0.717, 1.165) is 0 Å². The minimum atomic E-state index is -3.91. The lowest BCUT2D eigenvalue weighted by Gasteiger charge is -2.13. The van der Waals surface area contributed by atoms with Gasteiger partial charge in [-0.1, -0.05) is 0 Å². The summed E-state index contributed by atoms with van der Waals surface area (Å²) in [7, 11) is -2.27. The summed E-state index contributed by atoms with van der Waals surface area (Å²) in [5.41, 5.74) is 0.291. The van der Waals surface area contributed by atoms with Gasteiger partial charge in [0, 0.05) is 25.6 Å². The van der Waals surface area contributed by atoms with Gasteiger partial charge in [0.1, 0.15) is 5.75 Å². The van der Waals surface area contributed by atoms with Gasteiger partial charge in [-0.3, -0.25) is 14.2 Å². The summed E-state index contributed by atoms with van der Waals surface area (Å²) in [4.78, 5) is 11.9. The molecule has 0 bridgehead atoms. The zero-order valence-electron chi connectivity index (χ0n) is 11.3. The van der Waals surface area contributed by atoms with E-state index in [-0.39, 0.29) is 18.8 Å². The molecule has 2 fully saturated rings. The van der Waals surface area contributed by atoms with Gasteiger partial charge in [-0.05, 0) is 18.4 Å². The third kappa shape index (κ3) is 2.66. The highest BCUT2D eigenvalue weighted by molar-refractivity contribution is 7.89. The summed E-state index contributed by atoms with van der Waals surface area (Å²) in [5, 5.41) is 3.91. The molecule has 1 aromatic rings. The van der Waals surface area contributed by atoms with Gasteiger partial charge in [0.05, 0.1) is 11.6 Å². The predicted octanol–water partition coefficient (Wildman–Crippen LogP) is 0.657. The van der Waals surface area contributed by atoms with Gasteiger partial charge >= 0.3 is 0 Å². The quantitative estimate of drug-likeness (QED) is 0.884. The highest BCUT2D eigenvalue weighted by atomic mass is 32.2. The maximum atomic E-state index is 13.4. The number of halogens is 2. The van der Waals surface area contributed by atoms with Gasteiger partial charge in [0.2, 0.25) is 15.9 Å². The minimum Gasteiger partial charge on any atom is -0.276 e. The maximum absolute atomic E-state index is 13.4. The number of amides is 1. The first kappa shape index (κ1) is 14.4. The number of alkyl halides is 2. The second-order valence-corrected chi connectivity index (χ2v) is 7.44. The van der Waals surface area contributed by atoms with Crippen molar-refractivity contribution in [3.63, 3.8) is 0 Å². The van der Waals surface area contributed by atoms with Crippen molar-refractivity contribution in [2.24, 2.45) is 24.8 Å². The van der Waals surface area contributed by atoms with Crippen LogP contribution in [0.2, 0.25) is 0 Å². The van der Waals surface area contributed by atoms with E-state index in [9.17, 15) is 22.0 Å². The van der Waals surface area contributed by atoms with Gasteiger partial charge in [-0.25, -0.2) is 17.2 Å². The molecule has 2 aliphatic rings. The van der Waals surface area contributed by atoms with Crippen LogP contribution in [0.3, 0.4) is 0 Å². The van der Waals surface area contributed by atoms with E-state index < -0.39 is 39.4 Å². The van der Waals surface area contributed by atoms with E-state index in [1.807, 2.05) is 4.72 Å². The number of carbonyl (C=O) groups is 1. The van der Waals surface area contributed by atoms with Crippen molar-refractivity contribution in [3.05, 3.63) is 18.0 Å². The molecular weight excluding hydrogens is 304 g/mol. The van der Waals surface area contributed by atoms with Crippen LogP contribution in [-0.2, 0) is 27.6 Å². The van der Waals surface area contributed by atoms with Crippen molar-refractivity contribution in [2.75, 3.05) is 0 Å². The lowest BCUT2D eigenvalue weighted by Crippen LogP contribution is -2.35. The summed E-state index contributed by atoms with van der Waals surface area (Å²) in [6.45, 7) is 0. The van der Waals surface area contributed by atoms with Crippen LogP contribution in [0.25, 0.3) is 0 Å². The minimum absolute atomic E-state index is 0.215. The van der Waals surface area contributed by atoms with Gasteiger partial charge in [-0.2, -0.15) is 5.10 Å². The molecule has 1 aromatic heterocycles. The molecule has 0 unspecified atom stereocenters. The number of rotatable bonds is 4. The Labute approximate surface area is 120 Å².